The first-order chi connectivity index (χ1) is 11.0. The second-order valence-corrected chi connectivity index (χ2v) is 5.59. The Balaban J connectivity index is 1.96. The largest absolute Gasteiger partial charge is 0.393 e. The maximum absolute atomic E-state index is 13.0. The Morgan fingerprint density at radius 1 is 0.826 bits per heavy atom. The summed E-state index contributed by atoms with van der Waals surface area (Å²) in [5, 5.41) is 1.58. The summed E-state index contributed by atoms with van der Waals surface area (Å²) in [5.41, 5.74) is 3.06. The second-order valence-electron chi connectivity index (χ2n) is 5.59. The molecular formula is C18H13F3N2. The van der Waals surface area contributed by atoms with Gasteiger partial charge in [0.1, 0.15) is 0 Å². The van der Waals surface area contributed by atoms with Crippen LogP contribution in [0.3, 0.4) is 0 Å². The van der Waals surface area contributed by atoms with E-state index in [-0.39, 0.29) is 5.56 Å². The molecule has 2 aromatic heterocycles. The van der Waals surface area contributed by atoms with Gasteiger partial charge in [0.15, 0.2) is 0 Å². The fourth-order valence-corrected chi connectivity index (χ4v) is 3.02. The van der Waals surface area contributed by atoms with Crippen molar-refractivity contribution < 1.29 is 13.2 Å². The van der Waals surface area contributed by atoms with Crippen molar-refractivity contribution in [1.29, 1.82) is 0 Å². The zero-order valence-electron chi connectivity index (χ0n) is 12.0. The number of hydrogen-bond acceptors (Lipinski definition) is 0. The van der Waals surface area contributed by atoms with Gasteiger partial charge < -0.3 is 9.97 Å². The number of nitrogens with one attached hydrogen (secondary N) is 2. The van der Waals surface area contributed by atoms with E-state index >= 15 is 0 Å². The number of aromatic amines is 2. The predicted octanol–water partition coefficient (Wildman–Crippen LogP) is 5.42. The predicted molar refractivity (Wildman–Crippen MR) is 85.4 cm³/mol. The van der Waals surface area contributed by atoms with E-state index in [1.807, 2.05) is 36.4 Å². The average Bonchev–Trinajstić information content (AvgIpc) is 3.07. The number of para-hydroxylation sites is 2. The fourth-order valence-electron chi connectivity index (χ4n) is 3.02. The third kappa shape index (κ3) is 2.48. The standard InChI is InChI=1S/C18H13F3N2/c19-18(20,21)10-13-12-6-2-4-8-15(12)23-17(13)16-9-11-5-1-3-7-14(11)22-16/h1-9,22-23H,10H2. The molecule has 2 heterocycles. The van der Waals surface area contributed by atoms with Gasteiger partial charge in [0.2, 0.25) is 0 Å². The molecule has 2 N–H and O–H groups in total. The lowest BCUT2D eigenvalue weighted by Gasteiger charge is -2.07. The van der Waals surface area contributed by atoms with E-state index in [0.717, 1.165) is 10.9 Å². The van der Waals surface area contributed by atoms with Gasteiger partial charge in [-0.15, -0.1) is 0 Å². The molecule has 0 fully saturated rings. The highest BCUT2D eigenvalue weighted by Gasteiger charge is 2.31. The minimum Gasteiger partial charge on any atom is -0.353 e. The summed E-state index contributed by atoms with van der Waals surface area (Å²) in [6, 6.07) is 16.6. The average molecular weight is 314 g/mol. The van der Waals surface area contributed by atoms with E-state index in [0.29, 0.717) is 22.3 Å². The van der Waals surface area contributed by atoms with Crippen LogP contribution in [0.2, 0.25) is 0 Å². The van der Waals surface area contributed by atoms with E-state index in [9.17, 15) is 13.2 Å². The molecule has 5 heteroatoms. The van der Waals surface area contributed by atoms with Crippen LogP contribution in [0.4, 0.5) is 13.2 Å². The number of hydrogen-bond donors (Lipinski definition) is 2. The van der Waals surface area contributed by atoms with E-state index < -0.39 is 12.6 Å². The first-order valence-corrected chi connectivity index (χ1v) is 7.26. The molecule has 4 aromatic rings. The lowest BCUT2D eigenvalue weighted by molar-refractivity contribution is -0.126. The number of H-pyrrole nitrogens is 2. The number of aromatic nitrogens is 2. The Bertz CT molecular complexity index is 959. The third-order valence-corrected chi connectivity index (χ3v) is 3.99. The van der Waals surface area contributed by atoms with Gasteiger partial charge in [-0.3, -0.25) is 0 Å². The summed E-state index contributed by atoms with van der Waals surface area (Å²) in [7, 11) is 0. The van der Waals surface area contributed by atoms with Crippen LogP contribution < -0.4 is 0 Å². The minimum absolute atomic E-state index is 0.277. The van der Waals surface area contributed by atoms with Crippen LogP contribution in [0.15, 0.2) is 54.6 Å². The molecule has 116 valence electrons. The Labute approximate surface area is 129 Å². The summed E-state index contributed by atoms with van der Waals surface area (Å²) in [5.74, 6) is 0. The monoisotopic (exact) mass is 314 g/mol. The summed E-state index contributed by atoms with van der Waals surface area (Å²) >= 11 is 0. The first-order valence-electron chi connectivity index (χ1n) is 7.26. The Hall–Kier alpha value is -2.69. The van der Waals surface area contributed by atoms with Gasteiger partial charge in [-0.1, -0.05) is 36.4 Å². The molecule has 0 saturated carbocycles. The maximum atomic E-state index is 13.0. The molecule has 0 atom stereocenters. The molecule has 0 unspecified atom stereocenters. The molecule has 0 saturated heterocycles. The summed E-state index contributed by atoms with van der Waals surface area (Å²) in [6.07, 6.45) is -5.21. The summed E-state index contributed by atoms with van der Waals surface area (Å²) in [6.45, 7) is 0. The number of rotatable bonds is 2. The lowest BCUT2D eigenvalue weighted by atomic mass is 10.1. The van der Waals surface area contributed by atoms with Crippen LogP contribution >= 0.6 is 0 Å². The molecule has 0 amide bonds. The minimum atomic E-state index is -4.26. The van der Waals surface area contributed by atoms with Gasteiger partial charge in [-0.05, 0) is 23.8 Å². The van der Waals surface area contributed by atoms with Crippen LogP contribution in [0.5, 0.6) is 0 Å². The normalized spacial score (nSPS) is 12.3. The van der Waals surface area contributed by atoms with Crippen molar-refractivity contribution in [2.75, 3.05) is 0 Å². The highest BCUT2D eigenvalue weighted by Crippen LogP contribution is 2.35. The molecule has 0 radical (unpaired) electrons. The molecule has 0 aliphatic heterocycles. The molecule has 0 aliphatic carbocycles. The number of fused-ring (bicyclic) bond motifs is 2. The third-order valence-electron chi connectivity index (χ3n) is 3.99. The molecular weight excluding hydrogens is 301 g/mol. The molecule has 0 aliphatic rings. The van der Waals surface area contributed by atoms with Crippen molar-refractivity contribution in [2.24, 2.45) is 0 Å². The summed E-state index contributed by atoms with van der Waals surface area (Å²) in [4.78, 5) is 6.33. The zero-order chi connectivity index (χ0) is 16.0. The highest BCUT2D eigenvalue weighted by atomic mass is 19.4. The van der Waals surface area contributed by atoms with Gasteiger partial charge in [-0.2, -0.15) is 13.2 Å². The maximum Gasteiger partial charge on any atom is 0.393 e. The second kappa shape index (κ2) is 4.91. The molecule has 23 heavy (non-hydrogen) atoms. The number of benzene rings is 2. The smallest absolute Gasteiger partial charge is 0.353 e. The summed E-state index contributed by atoms with van der Waals surface area (Å²) < 4.78 is 39.1. The topological polar surface area (TPSA) is 31.6 Å². The Morgan fingerprint density at radius 3 is 2.26 bits per heavy atom. The van der Waals surface area contributed by atoms with Gasteiger partial charge >= 0.3 is 6.18 Å². The van der Waals surface area contributed by atoms with Crippen molar-refractivity contribution >= 4 is 21.8 Å². The van der Waals surface area contributed by atoms with Gasteiger partial charge in [0.05, 0.1) is 17.8 Å². The quantitative estimate of drug-likeness (QED) is 0.495. The van der Waals surface area contributed by atoms with Crippen LogP contribution in [0.1, 0.15) is 5.56 Å². The SMILES string of the molecule is FC(F)(F)Cc1c(-c2cc3ccccc3[nH]2)[nH]c2ccccc12. The van der Waals surface area contributed by atoms with Crippen LogP contribution in [-0.2, 0) is 6.42 Å². The van der Waals surface area contributed by atoms with E-state index in [1.165, 1.54) is 0 Å². The Morgan fingerprint density at radius 2 is 1.52 bits per heavy atom. The Kier molecular flexibility index (Phi) is 2.98. The van der Waals surface area contributed by atoms with Gasteiger partial charge in [-0.25, -0.2) is 0 Å². The van der Waals surface area contributed by atoms with Crippen LogP contribution in [-0.4, -0.2) is 16.1 Å². The first kappa shape index (κ1) is 13.9. The zero-order valence-corrected chi connectivity index (χ0v) is 12.0. The van der Waals surface area contributed by atoms with Crippen molar-refractivity contribution in [1.82, 2.24) is 9.97 Å². The van der Waals surface area contributed by atoms with Gasteiger partial charge in [0, 0.05) is 21.8 Å². The van der Waals surface area contributed by atoms with E-state index in [2.05, 4.69) is 9.97 Å². The van der Waals surface area contributed by atoms with E-state index in [1.54, 1.807) is 18.2 Å². The lowest BCUT2D eigenvalue weighted by Crippen LogP contribution is -2.12. The van der Waals surface area contributed by atoms with Crippen LogP contribution in [0.25, 0.3) is 33.2 Å². The molecule has 2 nitrogen and oxygen atoms in total. The van der Waals surface area contributed by atoms with Crippen molar-refractivity contribution in [3.63, 3.8) is 0 Å². The van der Waals surface area contributed by atoms with E-state index in [4.69, 9.17) is 0 Å². The number of alkyl halides is 3. The van der Waals surface area contributed by atoms with Crippen molar-refractivity contribution in [2.45, 2.75) is 12.6 Å². The van der Waals surface area contributed by atoms with Crippen LogP contribution in [0, 0.1) is 0 Å². The molecule has 4 rings (SSSR count). The van der Waals surface area contributed by atoms with Crippen molar-refractivity contribution in [3.05, 3.63) is 60.2 Å². The molecule has 0 spiro atoms. The number of halogens is 3. The fraction of sp³-hybridized carbons (Fsp3) is 0.111. The van der Waals surface area contributed by atoms with Gasteiger partial charge in [0.25, 0.3) is 0 Å². The molecule has 0 bridgehead atoms. The molecule has 2 aromatic carbocycles. The highest BCUT2D eigenvalue weighted by molar-refractivity contribution is 5.93. The van der Waals surface area contributed by atoms with Crippen molar-refractivity contribution in [3.8, 4) is 11.4 Å².